The van der Waals surface area contributed by atoms with Gasteiger partial charge >= 0.3 is 0 Å². The van der Waals surface area contributed by atoms with E-state index in [4.69, 9.17) is 4.74 Å². The summed E-state index contributed by atoms with van der Waals surface area (Å²) in [7, 11) is -3.53. The van der Waals surface area contributed by atoms with Crippen molar-refractivity contribution in [2.24, 2.45) is 0 Å². The Kier molecular flexibility index (Phi) is 5.35. The van der Waals surface area contributed by atoms with Crippen LogP contribution in [0.1, 0.15) is 19.3 Å². The fourth-order valence-electron chi connectivity index (χ4n) is 2.23. The largest absolute Gasteiger partial charge is 0.493 e. The highest BCUT2D eigenvalue weighted by Crippen LogP contribution is 2.23. The van der Waals surface area contributed by atoms with E-state index in [2.05, 4.69) is 10.0 Å². The fourth-order valence-corrected chi connectivity index (χ4v) is 3.58. The average molecular weight is 360 g/mol. The van der Waals surface area contributed by atoms with E-state index < -0.39 is 10.0 Å². The van der Waals surface area contributed by atoms with Gasteiger partial charge in [0.1, 0.15) is 5.75 Å². The standard InChI is InChI=1S/C18H20N2O4S/c21-18(11-12-24-16-6-2-1-3-7-16)19-15-5-4-8-17(13-15)25(22,23)20-14-9-10-14/h1-8,13-14,20H,9-12H2,(H,19,21). The van der Waals surface area contributed by atoms with E-state index in [0.717, 1.165) is 12.8 Å². The topological polar surface area (TPSA) is 84.5 Å². The molecule has 2 aromatic rings. The van der Waals surface area contributed by atoms with Gasteiger partial charge in [0, 0.05) is 11.7 Å². The number of ether oxygens (including phenoxy) is 1. The summed E-state index contributed by atoms with van der Waals surface area (Å²) in [6, 6.07) is 15.5. The van der Waals surface area contributed by atoms with Crippen molar-refractivity contribution in [3.63, 3.8) is 0 Å². The highest BCUT2D eigenvalue weighted by atomic mass is 32.2. The SMILES string of the molecule is O=C(CCOc1ccccc1)Nc1cccc(S(=O)(=O)NC2CC2)c1. The number of carbonyl (C=O) groups is 1. The number of para-hydroxylation sites is 1. The second-order valence-corrected chi connectivity index (χ2v) is 7.60. The van der Waals surface area contributed by atoms with Crippen molar-refractivity contribution in [1.82, 2.24) is 4.72 Å². The van der Waals surface area contributed by atoms with Gasteiger partial charge in [-0.15, -0.1) is 0 Å². The summed E-state index contributed by atoms with van der Waals surface area (Å²) in [6.45, 7) is 0.247. The first kappa shape index (κ1) is 17.4. The lowest BCUT2D eigenvalue weighted by atomic mass is 10.3. The van der Waals surface area contributed by atoms with Crippen LogP contribution in [-0.4, -0.2) is 27.0 Å². The predicted octanol–water partition coefficient (Wildman–Crippen LogP) is 2.53. The number of benzene rings is 2. The summed E-state index contributed by atoms with van der Waals surface area (Å²) in [4.78, 5) is 12.1. The van der Waals surface area contributed by atoms with Crippen LogP contribution >= 0.6 is 0 Å². The molecule has 2 N–H and O–H groups in total. The van der Waals surface area contributed by atoms with E-state index in [1.165, 1.54) is 12.1 Å². The van der Waals surface area contributed by atoms with Gasteiger partial charge in [-0.3, -0.25) is 4.79 Å². The van der Waals surface area contributed by atoms with Crippen LogP contribution in [0.25, 0.3) is 0 Å². The summed E-state index contributed by atoms with van der Waals surface area (Å²) in [6.07, 6.45) is 1.92. The highest BCUT2D eigenvalue weighted by molar-refractivity contribution is 7.89. The number of hydrogen-bond acceptors (Lipinski definition) is 4. The predicted molar refractivity (Wildman–Crippen MR) is 95.0 cm³/mol. The molecule has 3 rings (SSSR count). The van der Waals surface area contributed by atoms with Crippen molar-refractivity contribution < 1.29 is 17.9 Å². The van der Waals surface area contributed by atoms with Crippen LogP contribution in [0.4, 0.5) is 5.69 Å². The first-order chi connectivity index (χ1) is 12.0. The molecule has 2 aromatic carbocycles. The minimum atomic E-state index is -3.53. The molecule has 1 aliphatic rings. The van der Waals surface area contributed by atoms with Gasteiger partial charge in [0.15, 0.2) is 0 Å². The van der Waals surface area contributed by atoms with E-state index in [1.54, 1.807) is 12.1 Å². The lowest BCUT2D eigenvalue weighted by Gasteiger charge is -2.09. The molecule has 0 heterocycles. The fraction of sp³-hybridized carbons (Fsp3) is 0.278. The van der Waals surface area contributed by atoms with Gasteiger partial charge in [0.25, 0.3) is 0 Å². The Morgan fingerprint density at radius 1 is 1.08 bits per heavy atom. The Morgan fingerprint density at radius 2 is 1.84 bits per heavy atom. The molecule has 25 heavy (non-hydrogen) atoms. The van der Waals surface area contributed by atoms with Crippen molar-refractivity contribution in [3.05, 3.63) is 54.6 Å². The molecule has 1 aliphatic carbocycles. The molecule has 0 aliphatic heterocycles. The lowest BCUT2D eigenvalue weighted by Crippen LogP contribution is -2.25. The molecule has 0 atom stereocenters. The van der Waals surface area contributed by atoms with E-state index in [9.17, 15) is 13.2 Å². The molecule has 0 spiro atoms. The molecule has 1 amide bonds. The van der Waals surface area contributed by atoms with Crippen molar-refractivity contribution in [1.29, 1.82) is 0 Å². The maximum Gasteiger partial charge on any atom is 0.240 e. The molecule has 132 valence electrons. The van der Waals surface area contributed by atoms with E-state index in [1.807, 2.05) is 30.3 Å². The van der Waals surface area contributed by atoms with Crippen LogP contribution in [-0.2, 0) is 14.8 Å². The summed E-state index contributed by atoms with van der Waals surface area (Å²) < 4.78 is 32.5. The Balaban J connectivity index is 1.53. The molecule has 0 bridgehead atoms. The maximum atomic E-state index is 12.2. The lowest BCUT2D eigenvalue weighted by molar-refractivity contribution is -0.116. The molecule has 0 unspecified atom stereocenters. The average Bonchev–Trinajstić information content (AvgIpc) is 3.39. The molecule has 0 aromatic heterocycles. The summed E-state index contributed by atoms with van der Waals surface area (Å²) in [5, 5.41) is 2.70. The van der Waals surface area contributed by atoms with E-state index in [-0.39, 0.29) is 29.9 Å². The third-order valence-corrected chi connectivity index (χ3v) is 5.19. The zero-order chi connectivity index (χ0) is 17.7. The van der Waals surface area contributed by atoms with Gasteiger partial charge in [0.2, 0.25) is 15.9 Å². The smallest absolute Gasteiger partial charge is 0.240 e. The Labute approximate surface area is 147 Å². The number of carbonyl (C=O) groups excluding carboxylic acids is 1. The number of anilines is 1. The van der Waals surface area contributed by atoms with Crippen LogP contribution in [0, 0.1) is 0 Å². The molecule has 6 nitrogen and oxygen atoms in total. The monoisotopic (exact) mass is 360 g/mol. The molecule has 0 radical (unpaired) electrons. The van der Waals surface area contributed by atoms with Crippen LogP contribution in [0.15, 0.2) is 59.5 Å². The number of hydrogen-bond donors (Lipinski definition) is 2. The Bertz CT molecular complexity index is 833. The molecule has 1 saturated carbocycles. The summed E-state index contributed by atoms with van der Waals surface area (Å²) >= 11 is 0. The van der Waals surface area contributed by atoms with Crippen molar-refractivity contribution in [2.75, 3.05) is 11.9 Å². The normalized spacial score (nSPS) is 14.1. The van der Waals surface area contributed by atoms with Crippen LogP contribution in [0.2, 0.25) is 0 Å². The number of nitrogens with one attached hydrogen (secondary N) is 2. The van der Waals surface area contributed by atoms with Crippen LogP contribution in [0.5, 0.6) is 5.75 Å². The molecule has 0 saturated heterocycles. The second-order valence-electron chi connectivity index (χ2n) is 5.88. The van der Waals surface area contributed by atoms with Crippen molar-refractivity contribution in [3.8, 4) is 5.75 Å². The molecular formula is C18H20N2O4S. The Hall–Kier alpha value is -2.38. The summed E-state index contributed by atoms with van der Waals surface area (Å²) in [5.41, 5.74) is 0.448. The van der Waals surface area contributed by atoms with Crippen LogP contribution in [0.3, 0.4) is 0 Å². The van der Waals surface area contributed by atoms with Gasteiger partial charge < -0.3 is 10.1 Å². The minimum absolute atomic E-state index is 0.0402. The second kappa shape index (κ2) is 7.67. The van der Waals surface area contributed by atoms with Crippen LogP contribution < -0.4 is 14.8 Å². The molecule has 1 fully saturated rings. The quantitative estimate of drug-likeness (QED) is 0.758. The van der Waals surface area contributed by atoms with E-state index >= 15 is 0 Å². The maximum absolute atomic E-state index is 12.2. The highest BCUT2D eigenvalue weighted by Gasteiger charge is 2.28. The third-order valence-electron chi connectivity index (χ3n) is 3.67. The zero-order valence-corrected chi connectivity index (χ0v) is 14.5. The zero-order valence-electron chi connectivity index (χ0n) is 13.6. The van der Waals surface area contributed by atoms with Gasteiger partial charge in [-0.1, -0.05) is 24.3 Å². The minimum Gasteiger partial charge on any atom is -0.493 e. The van der Waals surface area contributed by atoms with Gasteiger partial charge in [-0.25, -0.2) is 13.1 Å². The molecule has 7 heteroatoms. The number of rotatable bonds is 8. The van der Waals surface area contributed by atoms with Gasteiger partial charge in [-0.05, 0) is 43.2 Å². The van der Waals surface area contributed by atoms with Gasteiger partial charge in [-0.2, -0.15) is 0 Å². The summed E-state index contributed by atoms with van der Waals surface area (Å²) in [5.74, 6) is 0.468. The van der Waals surface area contributed by atoms with Crippen molar-refractivity contribution in [2.45, 2.75) is 30.2 Å². The van der Waals surface area contributed by atoms with Gasteiger partial charge in [0.05, 0.1) is 17.9 Å². The first-order valence-electron chi connectivity index (χ1n) is 8.13. The van der Waals surface area contributed by atoms with Crippen molar-refractivity contribution >= 4 is 21.6 Å². The number of amides is 1. The first-order valence-corrected chi connectivity index (χ1v) is 9.61. The molecular weight excluding hydrogens is 340 g/mol. The Morgan fingerprint density at radius 3 is 2.56 bits per heavy atom. The number of sulfonamides is 1. The van der Waals surface area contributed by atoms with E-state index in [0.29, 0.717) is 11.4 Å². The third kappa shape index (κ3) is 5.30.